The van der Waals surface area contributed by atoms with Gasteiger partial charge in [0.25, 0.3) is 0 Å². The Balaban J connectivity index is 0.00000280. The second kappa shape index (κ2) is 13.2. The Labute approximate surface area is 187 Å². The van der Waals surface area contributed by atoms with Gasteiger partial charge in [0, 0.05) is 46.0 Å². The molecule has 0 amide bonds. The number of piperidine rings is 1. The van der Waals surface area contributed by atoms with Crippen molar-refractivity contribution in [2.45, 2.75) is 38.5 Å². The van der Waals surface area contributed by atoms with Crippen LogP contribution >= 0.6 is 24.0 Å². The highest BCUT2D eigenvalue weighted by Gasteiger charge is 2.20. The summed E-state index contributed by atoms with van der Waals surface area (Å²) in [7, 11) is 1.89. The van der Waals surface area contributed by atoms with Gasteiger partial charge in [-0.25, -0.2) is 4.98 Å². The number of nitrogens with one attached hydrogen (secondary N) is 1. The van der Waals surface area contributed by atoms with Crippen LogP contribution in [0.1, 0.15) is 38.5 Å². The first-order chi connectivity index (χ1) is 13.4. The van der Waals surface area contributed by atoms with Crippen molar-refractivity contribution in [2.75, 3.05) is 64.3 Å². The zero-order valence-electron chi connectivity index (χ0n) is 17.4. The lowest BCUT2D eigenvalue weighted by Gasteiger charge is -2.37. The molecule has 1 aromatic rings. The molecule has 0 aromatic carbocycles. The summed E-state index contributed by atoms with van der Waals surface area (Å²) in [5, 5.41) is 3.56. The van der Waals surface area contributed by atoms with Gasteiger partial charge < -0.3 is 20.0 Å². The Hall–Kier alpha value is -1.09. The van der Waals surface area contributed by atoms with Crippen molar-refractivity contribution in [3.63, 3.8) is 0 Å². The first kappa shape index (κ1) is 23.2. The lowest BCUT2D eigenvalue weighted by molar-refractivity contribution is 0.224. The molecule has 28 heavy (non-hydrogen) atoms. The SMILES string of the molecule is CN=C(NCCCCCN1CCCCC1)N1CCN(c2ccccn2)CC1.I. The highest BCUT2D eigenvalue weighted by molar-refractivity contribution is 14.0. The number of aromatic nitrogens is 1. The molecule has 2 saturated heterocycles. The number of hydrogen-bond acceptors (Lipinski definition) is 4. The van der Waals surface area contributed by atoms with Crippen LogP contribution in [0.5, 0.6) is 0 Å². The van der Waals surface area contributed by atoms with Gasteiger partial charge in [-0.05, 0) is 57.5 Å². The number of pyridine rings is 1. The van der Waals surface area contributed by atoms with Crippen molar-refractivity contribution in [3.05, 3.63) is 24.4 Å². The molecule has 158 valence electrons. The van der Waals surface area contributed by atoms with Gasteiger partial charge in [-0.1, -0.05) is 18.9 Å². The first-order valence-electron chi connectivity index (χ1n) is 10.7. The third-order valence-electron chi connectivity index (χ3n) is 5.65. The summed E-state index contributed by atoms with van der Waals surface area (Å²) < 4.78 is 0. The lowest BCUT2D eigenvalue weighted by atomic mass is 10.1. The van der Waals surface area contributed by atoms with E-state index in [1.807, 2.05) is 19.3 Å². The Bertz CT molecular complexity index is 553. The van der Waals surface area contributed by atoms with Crippen molar-refractivity contribution in [2.24, 2.45) is 4.99 Å². The standard InChI is InChI=1S/C21H36N6.HI/c1-22-21(24-12-5-2-7-13-25-14-8-3-9-15-25)27-18-16-26(17-19-27)20-10-4-6-11-23-20;/h4,6,10-11H,2-3,5,7-9,12-19H2,1H3,(H,22,24);1H. The maximum atomic E-state index is 4.49. The number of likely N-dealkylation sites (tertiary alicyclic amines) is 1. The van der Waals surface area contributed by atoms with E-state index < -0.39 is 0 Å². The summed E-state index contributed by atoms with van der Waals surface area (Å²) in [6.07, 6.45) is 9.93. The number of rotatable bonds is 7. The normalized spacial score (nSPS) is 18.7. The van der Waals surface area contributed by atoms with Crippen LogP contribution in [0, 0.1) is 0 Å². The maximum Gasteiger partial charge on any atom is 0.193 e. The van der Waals surface area contributed by atoms with E-state index in [0.29, 0.717) is 0 Å². The Morgan fingerprint density at radius 3 is 2.46 bits per heavy atom. The predicted molar refractivity (Wildman–Crippen MR) is 129 cm³/mol. The zero-order chi connectivity index (χ0) is 18.7. The van der Waals surface area contributed by atoms with E-state index in [-0.39, 0.29) is 24.0 Å². The molecule has 0 bridgehead atoms. The summed E-state index contributed by atoms with van der Waals surface area (Å²) in [5.74, 6) is 2.13. The first-order valence-corrected chi connectivity index (χ1v) is 10.7. The van der Waals surface area contributed by atoms with E-state index in [1.54, 1.807) is 0 Å². The van der Waals surface area contributed by atoms with Crippen LogP contribution in [-0.2, 0) is 0 Å². The number of halogens is 1. The van der Waals surface area contributed by atoms with E-state index in [9.17, 15) is 0 Å². The summed E-state index contributed by atoms with van der Waals surface area (Å²) >= 11 is 0. The molecule has 2 aliphatic rings. The minimum absolute atomic E-state index is 0. The third-order valence-corrected chi connectivity index (χ3v) is 5.65. The molecular formula is C21H37IN6. The molecule has 1 aromatic heterocycles. The van der Waals surface area contributed by atoms with Crippen molar-refractivity contribution in [3.8, 4) is 0 Å². The second-order valence-corrected chi connectivity index (χ2v) is 7.60. The van der Waals surface area contributed by atoms with Crippen molar-refractivity contribution in [1.29, 1.82) is 0 Å². The fourth-order valence-corrected chi connectivity index (χ4v) is 4.04. The van der Waals surface area contributed by atoms with Crippen molar-refractivity contribution in [1.82, 2.24) is 20.1 Å². The van der Waals surface area contributed by atoms with Crippen LogP contribution in [0.3, 0.4) is 0 Å². The van der Waals surface area contributed by atoms with Crippen LogP contribution in [-0.4, -0.2) is 80.1 Å². The van der Waals surface area contributed by atoms with Gasteiger partial charge in [-0.15, -0.1) is 24.0 Å². The number of nitrogens with zero attached hydrogens (tertiary/aromatic N) is 5. The van der Waals surface area contributed by atoms with Gasteiger partial charge in [0.1, 0.15) is 5.82 Å². The number of anilines is 1. The average Bonchev–Trinajstić information content (AvgIpc) is 2.75. The predicted octanol–water partition coefficient (Wildman–Crippen LogP) is 3.05. The molecule has 3 rings (SSSR count). The van der Waals surface area contributed by atoms with E-state index in [0.717, 1.165) is 44.5 Å². The molecule has 1 N–H and O–H groups in total. The number of aliphatic imine (C=N–C) groups is 1. The van der Waals surface area contributed by atoms with Gasteiger partial charge in [-0.2, -0.15) is 0 Å². The molecule has 0 radical (unpaired) electrons. The van der Waals surface area contributed by atoms with Crippen molar-refractivity contribution < 1.29 is 0 Å². The molecular weight excluding hydrogens is 463 g/mol. The Kier molecular flexibility index (Phi) is 10.9. The number of hydrogen-bond donors (Lipinski definition) is 1. The molecule has 2 aliphatic heterocycles. The molecule has 7 heteroatoms. The van der Waals surface area contributed by atoms with Gasteiger partial charge in [0.05, 0.1) is 0 Å². The second-order valence-electron chi connectivity index (χ2n) is 7.60. The van der Waals surface area contributed by atoms with Crippen LogP contribution in [0.15, 0.2) is 29.4 Å². The van der Waals surface area contributed by atoms with Crippen LogP contribution in [0.4, 0.5) is 5.82 Å². The van der Waals surface area contributed by atoms with Crippen LogP contribution in [0.25, 0.3) is 0 Å². The molecule has 0 aliphatic carbocycles. The van der Waals surface area contributed by atoms with Gasteiger partial charge in [0.15, 0.2) is 5.96 Å². The minimum atomic E-state index is 0. The summed E-state index contributed by atoms with van der Waals surface area (Å²) in [5.41, 5.74) is 0. The highest BCUT2D eigenvalue weighted by Crippen LogP contribution is 2.13. The number of piperazine rings is 1. The number of guanidine groups is 1. The van der Waals surface area contributed by atoms with E-state index in [1.165, 1.54) is 58.2 Å². The van der Waals surface area contributed by atoms with Gasteiger partial charge >= 0.3 is 0 Å². The smallest absolute Gasteiger partial charge is 0.193 e. The molecule has 0 atom stereocenters. The van der Waals surface area contributed by atoms with Crippen molar-refractivity contribution >= 4 is 35.8 Å². The molecule has 0 unspecified atom stereocenters. The zero-order valence-corrected chi connectivity index (χ0v) is 19.7. The molecule has 3 heterocycles. The fraction of sp³-hybridized carbons (Fsp3) is 0.714. The molecule has 0 spiro atoms. The molecule has 0 saturated carbocycles. The quantitative estimate of drug-likeness (QED) is 0.270. The van der Waals surface area contributed by atoms with E-state index >= 15 is 0 Å². The number of unbranched alkanes of at least 4 members (excludes halogenated alkanes) is 2. The highest BCUT2D eigenvalue weighted by atomic mass is 127. The monoisotopic (exact) mass is 500 g/mol. The van der Waals surface area contributed by atoms with E-state index in [4.69, 9.17) is 0 Å². The largest absolute Gasteiger partial charge is 0.356 e. The maximum absolute atomic E-state index is 4.49. The fourth-order valence-electron chi connectivity index (χ4n) is 4.04. The average molecular weight is 500 g/mol. The topological polar surface area (TPSA) is 47.0 Å². The summed E-state index contributed by atoms with van der Waals surface area (Å²) in [6.45, 7) is 8.90. The molecule has 6 nitrogen and oxygen atoms in total. The Morgan fingerprint density at radius 2 is 1.79 bits per heavy atom. The Morgan fingerprint density at radius 1 is 1.00 bits per heavy atom. The third kappa shape index (κ3) is 7.39. The van der Waals surface area contributed by atoms with Crippen LogP contribution < -0.4 is 10.2 Å². The van der Waals surface area contributed by atoms with Gasteiger partial charge in [-0.3, -0.25) is 4.99 Å². The van der Waals surface area contributed by atoms with E-state index in [2.05, 4.69) is 42.1 Å². The lowest BCUT2D eigenvalue weighted by Crippen LogP contribution is -2.52. The van der Waals surface area contributed by atoms with Gasteiger partial charge in [0.2, 0.25) is 0 Å². The minimum Gasteiger partial charge on any atom is -0.356 e. The van der Waals surface area contributed by atoms with Crippen LogP contribution in [0.2, 0.25) is 0 Å². The molecule has 2 fully saturated rings. The summed E-state index contributed by atoms with van der Waals surface area (Å²) in [6, 6.07) is 6.12. The summed E-state index contributed by atoms with van der Waals surface area (Å²) in [4.78, 5) is 16.3.